The van der Waals surface area contributed by atoms with Gasteiger partial charge in [0.15, 0.2) is 0 Å². The lowest BCUT2D eigenvalue weighted by atomic mass is 9.83. The molecule has 46 heavy (non-hydrogen) atoms. The molecule has 0 aromatic carbocycles. The molecule has 0 aromatic heterocycles. The molecule has 0 unspecified atom stereocenters. The number of amides is 5. The van der Waals surface area contributed by atoms with Crippen LogP contribution >= 0.6 is 0 Å². The maximum absolute atomic E-state index is 14.0. The van der Waals surface area contributed by atoms with Gasteiger partial charge in [0.05, 0.1) is 12.1 Å². The van der Waals surface area contributed by atoms with E-state index in [1.54, 1.807) is 7.05 Å². The van der Waals surface area contributed by atoms with Gasteiger partial charge in [-0.3, -0.25) is 28.9 Å². The van der Waals surface area contributed by atoms with E-state index in [2.05, 4.69) is 28.2 Å². The topological polar surface area (TPSA) is 186 Å². The zero-order chi connectivity index (χ0) is 34.4. The maximum atomic E-state index is 14.0. The van der Waals surface area contributed by atoms with E-state index >= 15 is 0 Å². The Bertz CT molecular complexity index is 1000. The lowest BCUT2D eigenvalue weighted by Crippen LogP contribution is -2.63. The van der Waals surface area contributed by atoms with Crippen molar-refractivity contribution in [3.63, 3.8) is 0 Å². The van der Waals surface area contributed by atoms with Crippen molar-refractivity contribution in [1.29, 1.82) is 0 Å². The maximum Gasteiger partial charge on any atom is 0.245 e. The molecule has 13 heteroatoms. The molecule has 13 nitrogen and oxygen atoms in total. The van der Waals surface area contributed by atoms with Gasteiger partial charge in [0, 0.05) is 26.7 Å². The van der Waals surface area contributed by atoms with Gasteiger partial charge in [-0.15, -0.1) is 0 Å². The highest BCUT2D eigenvalue weighted by molar-refractivity contribution is 5.96. The number of nitrogens with one attached hydrogen (secondary N) is 4. The summed E-state index contributed by atoms with van der Waals surface area (Å²) in [7, 11) is 1.64. The molecular weight excluding hydrogens is 590 g/mol. The predicted octanol–water partition coefficient (Wildman–Crippen LogP) is 0.634. The SMILES string of the molecule is CCCCCCN1CCNC(=O)[C@H]([C@H](C)O)NC(=O)[C@H](CN)NC(=O)[C@H](C2CCCCC2)NC(=O)[C@H](CC(C)C)N(C)C(=O)[C@@H]1C. The number of rotatable bonds is 10. The summed E-state index contributed by atoms with van der Waals surface area (Å²) >= 11 is 0. The highest BCUT2D eigenvalue weighted by Gasteiger charge is 2.38. The number of carbonyl (C=O) groups excluding carboxylic acids is 5. The van der Waals surface area contributed by atoms with Gasteiger partial charge in [-0.2, -0.15) is 0 Å². The van der Waals surface area contributed by atoms with Crippen molar-refractivity contribution in [3.8, 4) is 0 Å². The molecule has 0 aromatic rings. The molecule has 0 radical (unpaired) electrons. The first kappa shape index (κ1) is 39.4. The summed E-state index contributed by atoms with van der Waals surface area (Å²) in [5.74, 6) is -2.53. The van der Waals surface area contributed by atoms with E-state index < -0.39 is 59.9 Å². The van der Waals surface area contributed by atoms with Crippen LogP contribution < -0.4 is 27.0 Å². The number of unbranched alkanes of at least 4 members (excludes halogenated alkanes) is 3. The van der Waals surface area contributed by atoms with E-state index in [4.69, 9.17) is 5.73 Å². The quantitative estimate of drug-likeness (QED) is 0.186. The Kier molecular flexibility index (Phi) is 17.0. The number of hydrogen-bond donors (Lipinski definition) is 6. The Hall–Kier alpha value is -2.77. The fourth-order valence-corrected chi connectivity index (χ4v) is 6.43. The van der Waals surface area contributed by atoms with Crippen molar-refractivity contribution < 1.29 is 29.1 Å². The second kappa shape index (κ2) is 19.8. The summed E-state index contributed by atoms with van der Waals surface area (Å²) < 4.78 is 0. The summed E-state index contributed by atoms with van der Waals surface area (Å²) in [6.07, 6.45) is 7.50. The molecular formula is C33H61N7O6. The van der Waals surface area contributed by atoms with Crippen molar-refractivity contribution in [2.45, 2.75) is 135 Å². The molecule has 1 saturated heterocycles. The van der Waals surface area contributed by atoms with Gasteiger partial charge in [-0.1, -0.05) is 59.3 Å². The Morgan fingerprint density at radius 3 is 2.15 bits per heavy atom. The van der Waals surface area contributed by atoms with Crippen LogP contribution in [-0.2, 0) is 24.0 Å². The molecule has 2 rings (SSSR count). The van der Waals surface area contributed by atoms with E-state index in [0.717, 1.165) is 57.8 Å². The van der Waals surface area contributed by atoms with Crippen LogP contribution in [0.3, 0.4) is 0 Å². The van der Waals surface area contributed by atoms with Crippen LogP contribution in [0.25, 0.3) is 0 Å². The summed E-state index contributed by atoms with van der Waals surface area (Å²) in [4.78, 5) is 71.7. The van der Waals surface area contributed by atoms with Crippen LogP contribution in [0, 0.1) is 11.8 Å². The molecule has 2 fully saturated rings. The van der Waals surface area contributed by atoms with Crippen LogP contribution in [0.15, 0.2) is 0 Å². The van der Waals surface area contributed by atoms with Gasteiger partial charge in [-0.05, 0) is 57.9 Å². The molecule has 1 saturated carbocycles. The van der Waals surface area contributed by atoms with Crippen LogP contribution in [0.5, 0.6) is 0 Å². The van der Waals surface area contributed by atoms with Crippen LogP contribution in [0.2, 0.25) is 0 Å². The Balaban J connectivity index is 2.52. The normalized spacial score (nSPS) is 28.2. The molecule has 5 amide bonds. The second-order valence-corrected chi connectivity index (χ2v) is 13.6. The van der Waals surface area contributed by atoms with Gasteiger partial charge < -0.3 is 37.0 Å². The zero-order valence-corrected chi connectivity index (χ0v) is 29.0. The fraction of sp³-hybridized carbons (Fsp3) is 0.848. The second-order valence-electron chi connectivity index (χ2n) is 13.6. The van der Waals surface area contributed by atoms with Gasteiger partial charge >= 0.3 is 0 Å². The van der Waals surface area contributed by atoms with E-state index in [0.29, 0.717) is 19.5 Å². The minimum atomic E-state index is -1.29. The smallest absolute Gasteiger partial charge is 0.245 e. The summed E-state index contributed by atoms with van der Waals surface area (Å²) in [6.45, 7) is 10.2. The average molecular weight is 652 g/mol. The number of nitrogens with two attached hydrogens (primary N) is 1. The Morgan fingerprint density at radius 2 is 1.57 bits per heavy atom. The van der Waals surface area contributed by atoms with Crippen molar-refractivity contribution in [2.75, 3.05) is 33.2 Å². The minimum Gasteiger partial charge on any atom is -0.391 e. The first-order valence-corrected chi connectivity index (χ1v) is 17.4. The molecule has 2 aliphatic rings. The number of aliphatic hydroxyl groups excluding tert-OH is 1. The van der Waals surface area contributed by atoms with E-state index in [1.165, 1.54) is 11.8 Å². The van der Waals surface area contributed by atoms with Crippen molar-refractivity contribution in [2.24, 2.45) is 17.6 Å². The van der Waals surface area contributed by atoms with Crippen LogP contribution in [0.4, 0.5) is 0 Å². The third-order valence-electron chi connectivity index (χ3n) is 9.35. The van der Waals surface area contributed by atoms with Crippen molar-refractivity contribution >= 4 is 29.5 Å². The number of nitrogens with zero attached hydrogens (tertiary/aromatic N) is 2. The minimum absolute atomic E-state index is 0.0914. The fourth-order valence-electron chi connectivity index (χ4n) is 6.43. The van der Waals surface area contributed by atoms with Crippen molar-refractivity contribution in [1.82, 2.24) is 31.1 Å². The number of aliphatic hydroxyl groups is 1. The van der Waals surface area contributed by atoms with Crippen LogP contribution in [0.1, 0.15) is 98.8 Å². The third-order valence-corrected chi connectivity index (χ3v) is 9.35. The summed E-state index contributed by atoms with van der Waals surface area (Å²) in [6, 6.07) is -4.81. The first-order chi connectivity index (χ1) is 21.8. The monoisotopic (exact) mass is 651 g/mol. The molecule has 1 aliphatic carbocycles. The lowest BCUT2D eigenvalue weighted by Gasteiger charge is -2.37. The highest BCUT2D eigenvalue weighted by Crippen LogP contribution is 2.27. The lowest BCUT2D eigenvalue weighted by molar-refractivity contribution is -0.144. The van der Waals surface area contributed by atoms with Crippen molar-refractivity contribution in [3.05, 3.63) is 0 Å². The molecule has 264 valence electrons. The molecule has 0 spiro atoms. The molecule has 1 aliphatic heterocycles. The summed E-state index contributed by atoms with van der Waals surface area (Å²) in [5, 5.41) is 21.4. The molecule has 6 atom stereocenters. The van der Waals surface area contributed by atoms with E-state index in [1.807, 2.05) is 25.7 Å². The van der Waals surface area contributed by atoms with Gasteiger partial charge in [0.1, 0.15) is 24.2 Å². The highest BCUT2D eigenvalue weighted by atomic mass is 16.3. The standard InChI is InChI=1S/C33H61N7O6/c1-7-8-9-13-17-40-18-16-35-31(44)27(23(5)41)37-29(42)25(20-34)36-32(45)28(24-14-11-10-12-15-24)38-30(43)26(19-21(2)3)39(6)33(46)22(40)4/h21-28,41H,7-20,34H2,1-6H3,(H,35,44)(H,36,45)(H,37,42)(H,38,43)/t22-,23-,25-,26-,27-,28-/m0/s1. The molecule has 0 bridgehead atoms. The number of hydrogen-bond acceptors (Lipinski definition) is 8. The van der Waals surface area contributed by atoms with E-state index in [9.17, 15) is 29.1 Å². The molecule has 1 heterocycles. The Labute approximate surface area is 275 Å². The number of likely N-dealkylation sites (N-methyl/N-ethyl adjacent to an activating group) is 1. The van der Waals surface area contributed by atoms with Gasteiger partial charge in [0.2, 0.25) is 29.5 Å². The van der Waals surface area contributed by atoms with Gasteiger partial charge in [0.25, 0.3) is 0 Å². The largest absolute Gasteiger partial charge is 0.391 e. The average Bonchev–Trinajstić information content (AvgIpc) is 3.03. The summed E-state index contributed by atoms with van der Waals surface area (Å²) in [5.41, 5.74) is 5.91. The third kappa shape index (κ3) is 11.8. The van der Waals surface area contributed by atoms with Crippen LogP contribution in [-0.4, -0.2) is 114 Å². The van der Waals surface area contributed by atoms with E-state index in [-0.39, 0.29) is 30.8 Å². The zero-order valence-electron chi connectivity index (χ0n) is 29.0. The Morgan fingerprint density at radius 1 is 0.891 bits per heavy atom. The van der Waals surface area contributed by atoms with Gasteiger partial charge in [-0.25, -0.2) is 0 Å². The number of carbonyl (C=O) groups is 5. The first-order valence-electron chi connectivity index (χ1n) is 17.4. The predicted molar refractivity (Wildman–Crippen MR) is 177 cm³/mol. The molecule has 7 N–H and O–H groups in total.